The zero-order chi connectivity index (χ0) is 15.8. The molecule has 23 heavy (non-hydrogen) atoms. The van der Waals surface area contributed by atoms with Crippen LogP contribution in [0.25, 0.3) is 21.3 Å². The number of anilines is 1. The quantitative estimate of drug-likeness (QED) is 0.574. The van der Waals surface area contributed by atoms with Crippen molar-refractivity contribution in [1.29, 1.82) is 0 Å². The van der Waals surface area contributed by atoms with Crippen LogP contribution in [0.4, 0.5) is 5.13 Å². The van der Waals surface area contributed by atoms with Crippen molar-refractivity contribution < 1.29 is 4.74 Å². The minimum Gasteiger partial charge on any atom is -0.489 e. The van der Waals surface area contributed by atoms with Crippen molar-refractivity contribution in [3.05, 3.63) is 47.2 Å². The minimum absolute atomic E-state index is 0.430. The summed E-state index contributed by atoms with van der Waals surface area (Å²) in [5, 5.41) is 5.52. The maximum atomic E-state index is 6.22. The van der Waals surface area contributed by atoms with Gasteiger partial charge in [-0.25, -0.2) is 9.97 Å². The van der Waals surface area contributed by atoms with Gasteiger partial charge in [-0.05, 0) is 24.3 Å². The summed E-state index contributed by atoms with van der Waals surface area (Å²) >= 11 is 7.82. The van der Waals surface area contributed by atoms with Crippen LogP contribution < -0.4 is 10.1 Å². The third kappa shape index (κ3) is 2.60. The molecule has 0 radical (unpaired) electrons. The fourth-order valence-corrected chi connectivity index (χ4v) is 3.58. The number of aromatic amines is 1. The summed E-state index contributed by atoms with van der Waals surface area (Å²) in [6.45, 7) is 0.430. The zero-order valence-electron chi connectivity index (χ0n) is 12.3. The number of hydrogen-bond donors (Lipinski definition) is 2. The van der Waals surface area contributed by atoms with Gasteiger partial charge in [-0.15, -0.1) is 0 Å². The van der Waals surface area contributed by atoms with Gasteiger partial charge in [0.05, 0.1) is 15.2 Å². The summed E-state index contributed by atoms with van der Waals surface area (Å²) in [5.41, 5.74) is 2.74. The van der Waals surface area contributed by atoms with Crippen molar-refractivity contribution >= 4 is 49.3 Å². The Hall–Kier alpha value is -2.31. The maximum absolute atomic E-state index is 6.22. The highest BCUT2D eigenvalue weighted by Gasteiger charge is 2.09. The average molecular weight is 345 g/mol. The van der Waals surface area contributed by atoms with Crippen LogP contribution in [0.15, 0.2) is 36.7 Å². The molecule has 4 rings (SSSR count). The van der Waals surface area contributed by atoms with Crippen molar-refractivity contribution in [3.63, 3.8) is 0 Å². The lowest BCUT2D eigenvalue weighted by Crippen LogP contribution is -1.96. The summed E-state index contributed by atoms with van der Waals surface area (Å²) < 4.78 is 7.02. The van der Waals surface area contributed by atoms with Crippen LogP contribution >= 0.6 is 22.9 Å². The first-order valence-corrected chi connectivity index (χ1v) is 8.25. The van der Waals surface area contributed by atoms with Crippen molar-refractivity contribution in [3.8, 4) is 5.75 Å². The molecular formula is C16H13ClN4OS. The standard InChI is InChI=1S/C16H13ClN4OS/c1-18-16-21-12-3-2-10(6-13(12)23-16)22-8-9-4-5-19-15-14(9)11(17)7-20-15/h2-7H,8H2,1H3,(H,18,21)(H,19,20). The molecule has 0 spiro atoms. The van der Waals surface area contributed by atoms with Gasteiger partial charge in [0.1, 0.15) is 18.0 Å². The summed E-state index contributed by atoms with van der Waals surface area (Å²) in [6.07, 6.45) is 3.49. The van der Waals surface area contributed by atoms with Gasteiger partial charge in [0, 0.05) is 30.4 Å². The number of pyridine rings is 1. The number of rotatable bonds is 4. The first-order chi connectivity index (χ1) is 11.2. The van der Waals surface area contributed by atoms with Gasteiger partial charge in [0.2, 0.25) is 0 Å². The Kier molecular flexibility index (Phi) is 3.55. The van der Waals surface area contributed by atoms with Crippen LogP contribution in [0, 0.1) is 0 Å². The number of thiazole rings is 1. The molecular weight excluding hydrogens is 332 g/mol. The van der Waals surface area contributed by atoms with E-state index in [9.17, 15) is 0 Å². The third-order valence-electron chi connectivity index (χ3n) is 3.58. The van der Waals surface area contributed by atoms with Crippen LogP contribution in [0.3, 0.4) is 0 Å². The van der Waals surface area contributed by atoms with E-state index in [0.717, 1.165) is 37.7 Å². The Morgan fingerprint density at radius 2 is 2.26 bits per heavy atom. The Labute approximate surface area is 141 Å². The molecule has 0 unspecified atom stereocenters. The SMILES string of the molecule is CNc1nc2ccc(OCc3ccnc4[nH]cc(Cl)c34)cc2s1. The minimum atomic E-state index is 0.430. The molecule has 0 aliphatic carbocycles. The topological polar surface area (TPSA) is 62.8 Å². The number of hydrogen-bond acceptors (Lipinski definition) is 5. The van der Waals surface area contributed by atoms with Crippen LogP contribution in [0.5, 0.6) is 5.75 Å². The number of H-pyrrole nitrogens is 1. The Bertz CT molecular complexity index is 994. The lowest BCUT2D eigenvalue weighted by Gasteiger charge is -2.07. The highest BCUT2D eigenvalue weighted by Crippen LogP contribution is 2.30. The van der Waals surface area contributed by atoms with Crippen LogP contribution in [-0.2, 0) is 6.61 Å². The van der Waals surface area contributed by atoms with Gasteiger partial charge >= 0.3 is 0 Å². The lowest BCUT2D eigenvalue weighted by molar-refractivity contribution is 0.308. The van der Waals surface area contributed by atoms with E-state index < -0.39 is 0 Å². The molecule has 0 saturated heterocycles. The fraction of sp³-hybridized carbons (Fsp3) is 0.125. The van der Waals surface area contributed by atoms with E-state index in [0.29, 0.717) is 11.6 Å². The molecule has 4 aromatic rings. The van der Waals surface area contributed by atoms with E-state index in [-0.39, 0.29) is 0 Å². The van der Waals surface area contributed by atoms with E-state index >= 15 is 0 Å². The molecule has 0 aliphatic rings. The average Bonchev–Trinajstić information content (AvgIpc) is 3.16. The second-order valence-electron chi connectivity index (χ2n) is 5.02. The Morgan fingerprint density at radius 3 is 3.13 bits per heavy atom. The van der Waals surface area contributed by atoms with Crippen molar-refractivity contribution in [2.24, 2.45) is 0 Å². The second-order valence-corrected chi connectivity index (χ2v) is 6.46. The number of ether oxygens (including phenoxy) is 1. The van der Waals surface area contributed by atoms with Crippen molar-refractivity contribution in [2.45, 2.75) is 6.61 Å². The highest BCUT2D eigenvalue weighted by molar-refractivity contribution is 7.22. The molecule has 0 amide bonds. The highest BCUT2D eigenvalue weighted by atomic mass is 35.5. The van der Waals surface area contributed by atoms with Gasteiger partial charge in [-0.1, -0.05) is 22.9 Å². The van der Waals surface area contributed by atoms with Gasteiger partial charge in [-0.3, -0.25) is 0 Å². The van der Waals surface area contributed by atoms with Crippen molar-refractivity contribution in [1.82, 2.24) is 15.0 Å². The van der Waals surface area contributed by atoms with E-state index in [1.807, 2.05) is 31.3 Å². The zero-order valence-corrected chi connectivity index (χ0v) is 13.8. The van der Waals surface area contributed by atoms with Crippen LogP contribution in [0.2, 0.25) is 5.02 Å². The van der Waals surface area contributed by atoms with E-state index in [2.05, 4.69) is 20.3 Å². The molecule has 0 atom stereocenters. The molecule has 3 heterocycles. The molecule has 0 bridgehead atoms. The smallest absolute Gasteiger partial charge is 0.183 e. The number of benzene rings is 1. The second kappa shape index (κ2) is 5.72. The van der Waals surface area contributed by atoms with E-state index in [1.54, 1.807) is 23.7 Å². The lowest BCUT2D eigenvalue weighted by atomic mass is 10.2. The first-order valence-electron chi connectivity index (χ1n) is 7.06. The van der Waals surface area contributed by atoms with E-state index in [1.165, 1.54) is 0 Å². The first kappa shape index (κ1) is 14.3. The van der Waals surface area contributed by atoms with Gasteiger partial charge in [0.25, 0.3) is 0 Å². The maximum Gasteiger partial charge on any atom is 0.183 e. The molecule has 1 aromatic carbocycles. The van der Waals surface area contributed by atoms with Gasteiger partial charge in [0.15, 0.2) is 5.13 Å². The molecule has 0 fully saturated rings. The fourth-order valence-electron chi connectivity index (χ4n) is 2.46. The normalized spacial score (nSPS) is 11.2. The molecule has 5 nitrogen and oxygen atoms in total. The summed E-state index contributed by atoms with van der Waals surface area (Å²) in [5.74, 6) is 0.806. The van der Waals surface area contributed by atoms with Crippen LogP contribution in [-0.4, -0.2) is 22.0 Å². The number of nitrogens with one attached hydrogen (secondary N) is 2. The number of nitrogens with zero attached hydrogens (tertiary/aromatic N) is 2. The number of halogens is 1. The van der Waals surface area contributed by atoms with Crippen LogP contribution in [0.1, 0.15) is 5.56 Å². The molecule has 116 valence electrons. The van der Waals surface area contributed by atoms with Gasteiger partial charge < -0.3 is 15.0 Å². The summed E-state index contributed by atoms with van der Waals surface area (Å²) in [6, 6.07) is 7.82. The molecule has 2 N–H and O–H groups in total. The predicted molar refractivity (Wildman–Crippen MR) is 94.6 cm³/mol. The largest absolute Gasteiger partial charge is 0.489 e. The monoisotopic (exact) mass is 344 g/mol. The predicted octanol–water partition coefficient (Wildman–Crippen LogP) is 4.45. The molecule has 0 aliphatic heterocycles. The third-order valence-corrected chi connectivity index (χ3v) is 4.91. The summed E-state index contributed by atoms with van der Waals surface area (Å²) in [4.78, 5) is 11.8. The molecule has 0 saturated carbocycles. The van der Waals surface area contributed by atoms with E-state index in [4.69, 9.17) is 16.3 Å². The Balaban J connectivity index is 1.61. The Morgan fingerprint density at radius 1 is 1.35 bits per heavy atom. The van der Waals surface area contributed by atoms with Crippen molar-refractivity contribution in [2.75, 3.05) is 12.4 Å². The number of fused-ring (bicyclic) bond motifs is 2. The molecule has 3 aromatic heterocycles. The number of aromatic nitrogens is 3. The summed E-state index contributed by atoms with van der Waals surface area (Å²) in [7, 11) is 1.87. The molecule has 7 heteroatoms. The van der Waals surface area contributed by atoms with Gasteiger partial charge in [-0.2, -0.15) is 0 Å².